The Bertz CT molecular complexity index is 441. The summed E-state index contributed by atoms with van der Waals surface area (Å²) >= 11 is 0. The van der Waals surface area contributed by atoms with E-state index in [0.29, 0.717) is 0 Å². The van der Waals surface area contributed by atoms with Crippen LogP contribution in [0.25, 0.3) is 0 Å². The molecular weight excluding hydrogens is 236 g/mol. The lowest BCUT2D eigenvalue weighted by Gasteiger charge is -2.14. The maximum Gasteiger partial charge on any atom is 0.328 e. The number of carbonyl (C=O) groups excluding carboxylic acids is 1. The summed E-state index contributed by atoms with van der Waals surface area (Å²) in [5.74, 6) is 0.257. The Kier molecular flexibility index (Phi) is 5.76. The van der Waals surface area contributed by atoms with E-state index in [1.807, 2.05) is 30.3 Å². The Balaban J connectivity index is 2.54. The lowest BCUT2D eigenvalue weighted by molar-refractivity contribution is -0.142. The molecule has 0 fully saturated rings. The van der Waals surface area contributed by atoms with Crippen molar-refractivity contribution in [3.8, 4) is 0 Å². The highest BCUT2D eigenvalue weighted by Crippen LogP contribution is 2.02. The van der Waals surface area contributed by atoms with Gasteiger partial charge in [0.25, 0.3) is 0 Å². The summed E-state index contributed by atoms with van der Waals surface area (Å²) < 4.78 is 0. The number of hydroxylamine groups is 1. The van der Waals surface area contributed by atoms with Crippen LogP contribution in [0.2, 0.25) is 0 Å². The molecule has 18 heavy (non-hydrogen) atoms. The summed E-state index contributed by atoms with van der Waals surface area (Å²) in [4.78, 5) is 26.5. The third-order valence-electron chi connectivity index (χ3n) is 2.23. The van der Waals surface area contributed by atoms with Crippen LogP contribution >= 0.6 is 0 Å². The Morgan fingerprint density at radius 3 is 2.61 bits per heavy atom. The quantitative estimate of drug-likeness (QED) is 0.460. The molecule has 6 nitrogen and oxygen atoms in total. The Hall–Kier alpha value is -1.98. The summed E-state index contributed by atoms with van der Waals surface area (Å²) in [7, 11) is 0. The van der Waals surface area contributed by atoms with Crippen molar-refractivity contribution in [3.63, 3.8) is 0 Å². The Morgan fingerprint density at radius 2 is 2.11 bits per heavy atom. The van der Waals surface area contributed by atoms with Gasteiger partial charge in [-0.25, -0.2) is 4.79 Å². The Labute approximate surface area is 104 Å². The number of benzene rings is 1. The van der Waals surface area contributed by atoms with Crippen LogP contribution in [0.4, 0.5) is 0 Å². The molecule has 6 heteroatoms. The topological polar surface area (TPSA) is 102 Å². The van der Waals surface area contributed by atoms with E-state index in [4.69, 9.17) is 15.7 Å². The van der Waals surface area contributed by atoms with E-state index in [1.165, 1.54) is 5.94 Å². The number of carbonyl (C=O) groups is 1. The molecule has 96 valence electrons. The fourth-order valence-corrected chi connectivity index (χ4v) is 1.27. The molecule has 0 radical (unpaired) electrons. The zero-order valence-electron chi connectivity index (χ0n) is 9.63. The molecule has 1 aromatic carbocycles. The molecule has 0 heterocycles. The van der Waals surface area contributed by atoms with Gasteiger partial charge >= 0.3 is 5.97 Å². The molecule has 0 bridgehead atoms. The van der Waals surface area contributed by atoms with Crippen molar-refractivity contribution in [1.29, 1.82) is 0 Å². The molecule has 0 saturated carbocycles. The molecule has 0 saturated heterocycles. The molecular formula is C12H14N2O4. The van der Waals surface area contributed by atoms with E-state index in [2.05, 4.69) is 5.48 Å². The maximum absolute atomic E-state index is 10.9. The average molecular weight is 250 g/mol. The molecule has 1 aromatic rings. The highest BCUT2D eigenvalue weighted by atomic mass is 16.6. The smallest absolute Gasteiger partial charge is 0.328 e. The number of hydrogen-bond acceptors (Lipinski definition) is 5. The van der Waals surface area contributed by atoms with Crippen LogP contribution in [0.1, 0.15) is 5.56 Å². The summed E-state index contributed by atoms with van der Waals surface area (Å²) in [5, 5.41) is 8.91. The highest BCUT2D eigenvalue weighted by molar-refractivity contribution is 5.81. The van der Waals surface area contributed by atoms with Crippen LogP contribution in [0, 0.1) is 0 Å². The van der Waals surface area contributed by atoms with Crippen molar-refractivity contribution in [3.05, 3.63) is 41.5 Å². The van der Waals surface area contributed by atoms with Gasteiger partial charge in [0.15, 0.2) is 6.04 Å². The van der Waals surface area contributed by atoms with Crippen molar-refractivity contribution in [1.82, 2.24) is 5.48 Å². The van der Waals surface area contributed by atoms with Crippen molar-refractivity contribution < 1.29 is 19.5 Å². The van der Waals surface area contributed by atoms with E-state index < -0.39 is 12.0 Å². The van der Waals surface area contributed by atoms with Gasteiger partial charge in [-0.1, -0.05) is 30.3 Å². The average Bonchev–Trinajstić information content (AvgIpc) is 2.39. The van der Waals surface area contributed by atoms with E-state index in [-0.39, 0.29) is 18.7 Å². The van der Waals surface area contributed by atoms with Crippen LogP contribution in [0.15, 0.2) is 35.9 Å². The van der Waals surface area contributed by atoms with Crippen LogP contribution in [-0.4, -0.2) is 29.6 Å². The van der Waals surface area contributed by atoms with E-state index in [1.54, 1.807) is 0 Å². The molecule has 0 aliphatic carbocycles. The molecule has 4 N–H and O–H groups in total. The van der Waals surface area contributed by atoms with Crippen molar-refractivity contribution in [2.24, 2.45) is 5.73 Å². The van der Waals surface area contributed by atoms with Crippen molar-refractivity contribution in [2.75, 3.05) is 6.54 Å². The monoisotopic (exact) mass is 250 g/mol. The molecule has 0 aliphatic heterocycles. The van der Waals surface area contributed by atoms with Crippen LogP contribution in [-0.2, 0) is 21.0 Å². The Morgan fingerprint density at radius 1 is 1.44 bits per heavy atom. The first-order chi connectivity index (χ1) is 8.69. The zero-order valence-corrected chi connectivity index (χ0v) is 9.63. The van der Waals surface area contributed by atoms with Crippen LogP contribution in [0.3, 0.4) is 0 Å². The largest absolute Gasteiger partial charge is 0.480 e. The second kappa shape index (κ2) is 7.37. The standard InChI is InChI=1S/C12H14N2O4/c13-6-10(7-15)11(12(16)17)14-18-8-9-4-2-1-3-5-9/h1-5,11,14H,6,8,13H2,(H,16,17)/t11-/m0/s1. The van der Waals surface area contributed by atoms with Gasteiger partial charge in [-0.15, -0.1) is 0 Å². The molecule has 1 rings (SSSR count). The number of nitrogens with one attached hydrogen (secondary N) is 1. The second-order valence-corrected chi connectivity index (χ2v) is 3.49. The lowest BCUT2D eigenvalue weighted by atomic mass is 10.1. The summed E-state index contributed by atoms with van der Waals surface area (Å²) in [5.41, 5.74) is 8.31. The van der Waals surface area contributed by atoms with Crippen molar-refractivity contribution >= 4 is 11.9 Å². The minimum atomic E-state index is -1.28. The van der Waals surface area contributed by atoms with Gasteiger partial charge in [0.1, 0.15) is 5.94 Å². The SMILES string of the molecule is NCC(=C=O)[C@H](NOCc1ccccc1)C(=O)O. The van der Waals surface area contributed by atoms with Crippen LogP contribution in [0.5, 0.6) is 0 Å². The van der Waals surface area contributed by atoms with Crippen molar-refractivity contribution in [2.45, 2.75) is 12.6 Å². The molecule has 0 spiro atoms. The van der Waals surface area contributed by atoms with Gasteiger partial charge < -0.3 is 10.8 Å². The molecule has 1 atom stereocenters. The summed E-state index contributed by atoms with van der Waals surface area (Å²) in [6.45, 7) is -0.0104. The predicted molar refractivity (Wildman–Crippen MR) is 64.1 cm³/mol. The number of rotatable bonds is 7. The molecule has 0 amide bonds. The van der Waals surface area contributed by atoms with E-state index in [0.717, 1.165) is 5.56 Å². The van der Waals surface area contributed by atoms with Gasteiger partial charge in [0.05, 0.1) is 12.2 Å². The molecule has 0 aromatic heterocycles. The number of hydrogen-bond donors (Lipinski definition) is 3. The minimum Gasteiger partial charge on any atom is -0.480 e. The normalized spacial score (nSPS) is 11.6. The fraction of sp³-hybridized carbons (Fsp3) is 0.250. The number of carboxylic acids is 1. The zero-order chi connectivity index (χ0) is 13.4. The van der Waals surface area contributed by atoms with Gasteiger partial charge in [-0.3, -0.25) is 9.63 Å². The molecule has 0 aliphatic rings. The number of aliphatic carboxylic acids is 1. The highest BCUT2D eigenvalue weighted by Gasteiger charge is 2.22. The van der Waals surface area contributed by atoms with Gasteiger partial charge in [-0.05, 0) is 5.56 Å². The number of carboxylic acid groups (broad SMARTS) is 1. The van der Waals surface area contributed by atoms with E-state index in [9.17, 15) is 9.59 Å². The summed E-state index contributed by atoms with van der Waals surface area (Å²) in [6.07, 6.45) is 0. The first kappa shape index (κ1) is 14.1. The predicted octanol–water partition coefficient (Wildman–Crippen LogP) is -0.122. The fourth-order valence-electron chi connectivity index (χ4n) is 1.27. The number of nitrogens with two attached hydrogens (primary N) is 1. The first-order valence-electron chi connectivity index (χ1n) is 5.27. The first-order valence-corrected chi connectivity index (χ1v) is 5.27. The maximum atomic E-state index is 10.9. The third-order valence-corrected chi connectivity index (χ3v) is 2.23. The molecule has 0 unspecified atom stereocenters. The third kappa shape index (κ3) is 4.12. The van der Waals surface area contributed by atoms with Gasteiger partial charge in [0, 0.05) is 6.54 Å². The second-order valence-electron chi connectivity index (χ2n) is 3.49. The van der Waals surface area contributed by atoms with Gasteiger partial charge in [-0.2, -0.15) is 5.48 Å². The van der Waals surface area contributed by atoms with Gasteiger partial charge in [0.2, 0.25) is 0 Å². The summed E-state index contributed by atoms with van der Waals surface area (Å²) in [6, 6.07) is 7.91. The van der Waals surface area contributed by atoms with Crippen LogP contribution < -0.4 is 11.2 Å². The lowest BCUT2D eigenvalue weighted by Crippen LogP contribution is -2.40. The minimum absolute atomic E-state index is 0.101. The van der Waals surface area contributed by atoms with E-state index >= 15 is 0 Å².